The Morgan fingerprint density at radius 1 is 1.08 bits per heavy atom. The summed E-state index contributed by atoms with van der Waals surface area (Å²) in [7, 11) is 1.59. The minimum absolute atomic E-state index is 0.200. The van der Waals surface area contributed by atoms with Gasteiger partial charge in [0.05, 0.1) is 11.3 Å². The number of aromatic nitrogens is 4. The van der Waals surface area contributed by atoms with E-state index in [0.29, 0.717) is 16.8 Å². The summed E-state index contributed by atoms with van der Waals surface area (Å²) in [6.45, 7) is 0.200. The van der Waals surface area contributed by atoms with E-state index in [2.05, 4.69) is 15.5 Å². The van der Waals surface area contributed by atoms with Crippen LogP contribution in [0.5, 0.6) is 0 Å². The summed E-state index contributed by atoms with van der Waals surface area (Å²) in [4.78, 5) is 13.9. The van der Waals surface area contributed by atoms with Gasteiger partial charge in [-0.25, -0.2) is 4.68 Å². The van der Waals surface area contributed by atoms with Crippen LogP contribution >= 0.6 is 0 Å². The van der Waals surface area contributed by atoms with Crippen LogP contribution in [-0.2, 0) is 12.7 Å². The van der Waals surface area contributed by atoms with Gasteiger partial charge in [-0.1, -0.05) is 12.1 Å². The molecule has 0 N–H and O–H groups in total. The molecule has 1 amide bonds. The number of hydrogen-bond donors (Lipinski definition) is 0. The zero-order chi connectivity index (χ0) is 18.7. The highest BCUT2D eigenvalue weighted by Gasteiger charge is 2.30. The Hall–Kier alpha value is -3.23. The second-order valence-corrected chi connectivity index (χ2v) is 5.66. The van der Waals surface area contributed by atoms with Crippen molar-refractivity contribution in [3.05, 3.63) is 71.5 Å². The predicted octanol–water partition coefficient (Wildman–Crippen LogP) is 2.95. The fraction of sp³-hybridized carbons (Fsp3) is 0.176. The van der Waals surface area contributed by atoms with Crippen LogP contribution in [0, 0.1) is 0 Å². The van der Waals surface area contributed by atoms with Crippen molar-refractivity contribution in [3.63, 3.8) is 0 Å². The van der Waals surface area contributed by atoms with Crippen molar-refractivity contribution in [1.82, 2.24) is 25.1 Å². The number of hydrogen-bond acceptors (Lipinski definition) is 4. The van der Waals surface area contributed by atoms with Crippen LogP contribution in [0.15, 0.2) is 54.9 Å². The second-order valence-electron chi connectivity index (χ2n) is 5.66. The lowest BCUT2D eigenvalue weighted by molar-refractivity contribution is -0.137. The molecule has 0 atom stereocenters. The van der Waals surface area contributed by atoms with Crippen LogP contribution in [0.2, 0.25) is 0 Å². The molecule has 3 aromatic rings. The molecular formula is C17H14F3N5O. The number of carbonyl (C=O) groups excluding carboxylic acids is 1. The van der Waals surface area contributed by atoms with Gasteiger partial charge in [0, 0.05) is 19.2 Å². The first-order chi connectivity index (χ1) is 12.3. The maximum atomic E-state index is 12.6. The molecule has 2 aromatic carbocycles. The van der Waals surface area contributed by atoms with Gasteiger partial charge in [-0.2, -0.15) is 13.2 Å². The molecule has 1 aromatic heterocycles. The minimum atomic E-state index is -4.37. The standard InChI is InChI=1S/C17H14F3N5O/c1-24(10-12-2-6-14(7-3-12)17(18,19)20)16(26)13-4-8-15(9-5-13)25-11-21-22-23-25/h2-9,11H,10H2,1H3. The molecule has 6 nitrogen and oxygen atoms in total. The SMILES string of the molecule is CN(Cc1ccc(C(F)(F)F)cc1)C(=O)c1ccc(-n2cnnn2)cc1. The summed E-state index contributed by atoms with van der Waals surface area (Å²) < 4.78 is 39.2. The lowest BCUT2D eigenvalue weighted by atomic mass is 10.1. The average molecular weight is 361 g/mol. The van der Waals surface area contributed by atoms with Crippen LogP contribution < -0.4 is 0 Å². The maximum absolute atomic E-state index is 12.6. The molecule has 0 saturated heterocycles. The van der Waals surface area contributed by atoms with Crippen LogP contribution in [0.1, 0.15) is 21.5 Å². The smallest absolute Gasteiger partial charge is 0.337 e. The lowest BCUT2D eigenvalue weighted by Gasteiger charge is -2.18. The highest BCUT2D eigenvalue weighted by atomic mass is 19.4. The van der Waals surface area contributed by atoms with E-state index in [9.17, 15) is 18.0 Å². The Morgan fingerprint density at radius 2 is 1.73 bits per heavy atom. The van der Waals surface area contributed by atoms with Crippen molar-refractivity contribution in [2.24, 2.45) is 0 Å². The molecule has 0 radical (unpaired) electrons. The van der Waals surface area contributed by atoms with E-state index in [4.69, 9.17) is 0 Å². The topological polar surface area (TPSA) is 63.9 Å². The number of halogens is 3. The van der Waals surface area contributed by atoms with Gasteiger partial charge in [0.25, 0.3) is 5.91 Å². The van der Waals surface area contributed by atoms with E-state index in [1.807, 2.05) is 0 Å². The molecule has 0 bridgehead atoms. The first kappa shape index (κ1) is 17.6. The molecule has 0 fully saturated rings. The summed E-state index contributed by atoms with van der Waals surface area (Å²) in [5.74, 6) is -0.242. The summed E-state index contributed by atoms with van der Waals surface area (Å²) in [6, 6.07) is 11.4. The van der Waals surface area contributed by atoms with E-state index in [1.54, 1.807) is 31.3 Å². The molecule has 134 valence electrons. The predicted molar refractivity (Wildman–Crippen MR) is 86.4 cm³/mol. The summed E-state index contributed by atoms with van der Waals surface area (Å²) >= 11 is 0. The fourth-order valence-corrected chi connectivity index (χ4v) is 2.40. The molecule has 9 heteroatoms. The molecule has 0 aliphatic carbocycles. The highest BCUT2D eigenvalue weighted by Crippen LogP contribution is 2.29. The average Bonchev–Trinajstić information content (AvgIpc) is 3.15. The van der Waals surface area contributed by atoms with E-state index in [1.165, 1.54) is 28.0 Å². The summed E-state index contributed by atoms with van der Waals surface area (Å²) in [6.07, 6.45) is -2.94. The first-order valence-corrected chi connectivity index (χ1v) is 7.59. The number of carbonyl (C=O) groups is 1. The number of rotatable bonds is 4. The number of alkyl halides is 3. The second kappa shape index (κ2) is 6.95. The summed E-state index contributed by atoms with van der Waals surface area (Å²) in [5, 5.41) is 10.8. The molecule has 3 rings (SSSR count). The highest BCUT2D eigenvalue weighted by molar-refractivity contribution is 5.94. The Morgan fingerprint density at radius 3 is 2.27 bits per heavy atom. The van der Waals surface area contributed by atoms with Gasteiger partial charge < -0.3 is 4.90 Å². The fourth-order valence-electron chi connectivity index (χ4n) is 2.40. The number of tetrazole rings is 1. The Labute approximate surface area is 146 Å². The molecule has 0 aliphatic heterocycles. The number of benzene rings is 2. The van der Waals surface area contributed by atoms with Gasteiger partial charge in [0.15, 0.2) is 0 Å². The third-order valence-electron chi connectivity index (χ3n) is 3.78. The van der Waals surface area contributed by atoms with Crippen LogP contribution in [0.4, 0.5) is 13.2 Å². The minimum Gasteiger partial charge on any atom is -0.337 e. The molecule has 26 heavy (non-hydrogen) atoms. The van der Waals surface area contributed by atoms with E-state index in [0.717, 1.165) is 12.1 Å². The number of nitrogens with zero attached hydrogens (tertiary/aromatic N) is 5. The molecule has 0 aliphatic rings. The van der Waals surface area contributed by atoms with Gasteiger partial charge in [-0.05, 0) is 52.4 Å². The van der Waals surface area contributed by atoms with Crippen molar-refractivity contribution < 1.29 is 18.0 Å². The van der Waals surface area contributed by atoms with Crippen molar-refractivity contribution in [3.8, 4) is 5.69 Å². The first-order valence-electron chi connectivity index (χ1n) is 7.59. The van der Waals surface area contributed by atoms with E-state index in [-0.39, 0.29) is 12.5 Å². The van der Waals surface area contributed by atoms with Gasteiger partial charge in [0.1, 0.15) is 6.33 Å². The van der Waals surface area contributed by atoms with Crippen LogP contribution in [-0.4, -0.2) is 38.1 Å². The van der Waals surface area contributed by atoms with Crippen LogP contribution in [0.3, 0.4) is 0 Å². The monoisotopic (exact) mass is 361 g/mol. The van der Waals surface area contributed by atoms with Gasteiger partial charge >= 0.3 is 6.18 Å². The zero-order valence-electron chi connectivity index (χ0n) is 13.7. The summed E-state index contributed by atoms with van der Waals surface area (Å²) in [5.41, 5.74) is 1.06. The van der Waals surface area contributed by atoms with Crippen molar-refractivity contribution >= 4 is 5.91 Å². The molecule has 1 heterocycles. The van der Waals surface area contributed by atoms with Gasteiger partial charge in [-0.15, -0.1) is 5.10 Å². The molecule has 0 unspecified atom stereocenters. The van der Waals surface area contributed by atoms with E-state index < -0.39 is 11.7 Å². The van der Waals surface area contributed by atoms with Crippen molar-refractivity contribution in [2.45, 2.75) is 12.7 Å². The Kier molecular flexibility index (Phi) is 4.70. The molecule has 0 spiro atoms. The van der Waals surface area contributed by atoms with Crippen molar-refractivity contribution in [2.75, 3.05) is 7.05 Å². The molecule has 0 saturated carbocycles. The number of amides is 1. The van der Waals surface area contributed by atoms with Crippen LogP contribution in [0.25, 0.3) is 5.69 Å². The Balaban J connectivity index is 1.67. The molecular weight excluding hydrogens is 347 g/mol. The van der Waals surface area contributed by atoms with Gasteiger partial charge in [-0.3, -0.25) is 4.79 Å². The lowest BCUT2D eigenvalue weighted by Crippen LogP contribution is -2.26. The normalized spacial score (nSPS) is 11.4. The largest absolute Gasteiger partial charge is 0.416 e. The quantitative estimate of drug-likeness (QED) is 0.717. The Bertz CT molecular complexity index is 874. The third kappa shape index (κ3) is 3.88. The maximum Gasteiger partial charge on any atom is 0.416 e. The zero-order valence-corrected chi connectivity index (χ0v) is 13.7. The van der Waals surface area contributed by atoms with Crippen molar-refractivity contribution in [1.29, 1.82) is 0 Å². The van der Waals surface area contributed by atoms with E-state index >= 15 is 0 Å². The van der Waals surface area contributed by atoms with Gasteiger partial charge in [0.2, 0.25) is 0 Å². The third-order valence-corrected chi connectivity index (χ3v) is 3.78.